The van der Waals surface area contributed by atoms with Crippen LogP contribution in [0, 0.1) is 11.6 Å². The fourth-order valence-electron chi connectivity index (χ4n) is 3.25. The molecule has 0 bridgehead atoms. The van der Waals surface area contributed by atoms with E-state index in [4.69, 9.17) is 4.74 Å². The Morgan fingerprint density at radius 2 is 1.79 bits per heavy atom. The van der Waals surface area contributed by atoms with Gasteiger partial charge in [0, 0.05) is 12.7 Å². The highest BCUT2D eigenvalue weighted by Crippen LogP contribution is 2.43. The van der Waals surface area contributed by atoms with E-state index in [1.54, 1.807) is 0 Å². The Bertz CT molecular complexity index is 410. The molecule has 19 heavy (non-hydrogen) atoms. The molecule has 2 rings (SSSR count). The molecule has 1 aromatic rings. The van der Waals surface area contributed by atoms with Crippen LogP contribution in [0.25, 0.3) is 0 Å². The first-order valence-corrected chi connectivity index (χ1v) is 6.88. The monoisotopic (exact) mass is 269 g/mol. The zero-order chi connectivity index (χ0) is 13.9. The average Bonchev–Trinajstić information content (AvgIpc) is 2.78. The van der Waals surface area contributed by atoms with Crippen molar-refractivity contribution in [3.63, 3.8) is 0 Å². The molecule has 1 aliphatic carbocycles. The Morgan fingerprint density at radius 3 is 2.26 bits per heavy atom. The Hall–Kier alpha value is -1.00. The first-order valence-electron chi connectivity index (χ1n) is 6.88. The lowest BCUT2D eigenvalue weighted by Crippen LogP contribution is -2.43. The Balaban J connectivity index is 2.36. The van der Waals surface area contributed by atoms with Crippen LogP contribution in [-0.2, 0) is 4.74 Å². The fraction of sp³-hybridized carbons (Fsp3) is 0.600. The molecule has 1 N–H and O–H groups in total. The van der Waals surface area contributed by atoms with Gasteiger partial charge in [0.25, 0.3) is 0 Å². The van der Waals surface area contributed by atoms with Crippen molar-refractivity contribution in [1.29, 1.82) is 0 Å². The first kappa shape index (κ1) is 14.4. The molecular weight excluding hydrogens is 248 g/mol. The van der Waals surface area contributed by atoms with Gasteiger partial charge in [-0.05, 0) is 44.5 Å². The van der Waals surface area contributed by atoms with Crippen LogP contribution in [0.15, 0.2) is 18.2 Å². The average molecular weight is 269 g/mol. The predicted molar refractivity (Wildman–Crippen MR) is 71.0 cm³/mol. The summed E-state index contributed by atoms with van der Waals surface area (Å²) in [6, 6.07) is 3.50. The van der Waals surface area contributed by atoms with Gasteiger partial charge in [-0.1, -0.05) is 12.8 Å². The van der Waals surface area contributed by atoms with Gasteiger partial charge in [-0.2, -0.15) is 0 Å². The van der Waals surface area contributed by atoms with Crippen LogP contribution in [0.1, 0.15) is 44.2 Å². The number of nitrogens with one attached hydrogen (secondary N) is 1. The topological polar surface area (TPSA) is 21.3 Å². The fourth-order valence-corrected chi connectivity index (χ4v) is 3.25. The highest BCUT2D eigenvalue weighted by Gasteiger charge is 2.42. The molecule has 1 fully saturated rings. The molecule has 0 aliphatic heterocycles. The van der Waals surface area contributed by atoms with E-state index in [0.29, 0.717) is 12.2 Å². The maximum Gasteiger partial charge on any atom is 0.126 e. The second kappa shape index (κ2) is 5.97. The highest BCUT2D eigenvalue weighted by atomic mass is 19.1. The summed E-state index contributed by atoms with van der Waals surface area (Å²) in [5, 5.41) is 3.18. The van der Waals surface area contributed by atoms with E-state index in [9.17, 15) is 8.78 Å². The number of rotatable bonds is 5. The smallest absolute Gasteiger partial charge is 0.126 e. The van der Waals surface area contributed by atoms with Gasteiger partial charge in [-0.25, -0.2) is 8.78 Å². The largest absolute Gasteiger partial charge is 0.373 e. The van der Waals surface area contributed by atoms with Gasteiger partial charge in [0.1, 0.15) is 11.6 Å². The van der Waals surface area contributed by atoms with Crippen molar-refractivity contribution in [3.05, 3.63) is 35.4 Å². The highest BCUT2D eigenvalue weighted by molar-refractivity contribution is 5.25. The minimum Gasteiger partial charge on any atom is -0.373 e. The maximum atomic E-state index is 13.4. The molecule has 1 aromatic carbocycles. The number of benzene rings is 1. The summed E-state index contributed by atoms with van der Waals surface area (Å²) < 4.78 is 32.8. The van der Waals surface area contributed by atoms with Crippen LogP contribution in [0.4, 0.5) is 8.78 Å². The van der Waals surface area contributed by atoms with Crippen molar-refractivity contribution in [1.82, 2.24) is 5.32 Å². The van der Waals surface area contributed by atoms with Crippen molar-refractivity contribution in [2.24, 2.45) is 0 Å². The molecule has 0 amide bonds. The third kappa shape index (κ3) is 2.95. The molecule has 2 nitrogen and oxygen atoms in total. The summed E-state index contributed by atoms with van der Waals surface area (Å²) in [5.41, 5.74) is 0.277. The number of halogens is 2. The molecule has 4 heteroatoms. The molecule has 0 radical (unpaired) electrons. The van der Waals surface area contributed by atoms with Gasteiger partial charge < -0.3 is 10.1 Å². The zero-order valence-electron chi connectivity index (χ0n) is 11.5. The van der Waals surface area contributed by atoms with Crippen LogP contribution in [-0.4, -0.2) is 19.3 Å². The predicted octanol–water partition coefficient (Wildman–Crippen LogP) is 3.57. The second-order valence-electron chi connectivity index (χ2n) is 5.13. The molecule has 0 heterocycles. The summed E-state index contributed by atoms with van der Waals surface area (Å²) >= 11 is 0. The standard InChI is InChI=1S/C15H21F2NO/c1-3-19-15(6-4-5-7-15)14(18-2)11-8-12(16)10-13(17)9-11/h8-10,14,18H,3-7H2,1-2H3. The van der Waals surface area contributed by atoms with Gasteiger partial charge >= 0.3 is 0 Å². The molecule has 1 atom stereocenters. The third-order valence-corrected chi connectivity index (χ3v) is 3.91. The number of likely N-dealkylation sites (N-methyl/N-ethyl adjacent to an activating group) is 1. The van der Waals surface area contributed by atoms with Crippen LogP contribution in [0.3, 0.4) is 0 Å². The lowest BCUT2D eigenvalue weighted by Gasteiger charge is -2.37. The number of hydrogen-bond donors (Lipinski definition) is 1. The molecule has 106 valence electrons. The van der Waals surface area contributed by atoms with E-state index >= 15 is 0 Å². The molecule has 0 aromatic heterocycles. The van der Waals surface area contributed by atoms with Crippen molar-refractivity contribution < 1.29 is 13.5 Å². The molecule has 1 saturated carbocycles. The summed E-state index contributed by atoms with van der Waals surface area (Å²) in [5.74, 6) is -1.08. The van der Waals surface area contributed by atoms with Crippen molar-refractivity contribution in [2.75, 3.05) is 13.7 Å². The lowest BCUT2D eigenvalue weighted by atomic mass is 9.86. The molecule has 0 spiro atoms. The van der Waals surface area contributed by atoms with Gasteiger partial charge in [-0.15, -0.1) is 0 Å². The molecule has 0 saturated heterocycles. The molecular formula is C15H21F2NO. The van der Waals surface area contributed by atoms with Gasteiger partial charge in [0.05, 0.1) is 11.6 Å². The van der Waals surface area contributed by atoms with E-state index in [2.05, 4.69) is 5.32 Å². The van der Waals surface area contributed by atoms with Gasteiger partial charge in [0.15, 0.2) is 0 Å². The van der Waals surface area contributed by atoms with E-state index in [0.717, 1.165) is 31.7 Å². The van der Waals surface area contributed by atoms with E-state index in [-0.39, 0.29) is 11.6 Å². The lowest BCUT2D eigenvalue weighted by molar-refractivity contribution is -0.0611. The zero-order valence-corrected chi connectivity index (χ0v) is 11.5. The Morgan fingerprint density at radius 1 is 1.21 bits per heavy atom. The third-order valence-electron chi connectivity index (χ3n) is 3.91. The molecule has 1 unspecified atom stereocenters. The van der Waals surface area contributed by atoms with Crippen LogP contribution in [0.2, 0.25) is 0 Å². The maximum absolute atomic E-state index is 13.4. The Labute approximate surface area is 113 Å². The van der Waals surface area contributed by atoms with Crippen molar-refractivity contribution in [3.8, 4) is 0 Å². The minimum atomic E-state index is -0.542. The second-order valence-corrected chi connectivity index (χ2v) is 5.13. The van der Waals surface area contributed by atoms with E-state index in [1.165, 1.54) is 12.1 Å². The normalized spacial score (nSPS) is 19.6. The summed E-state index contributed by atoms with van der Waals surface area (Å²) in [6.45, 7) is 2.56. The number of hydrogen-bond acceptors (Lipinski definition) is 2. The SMILES string of the molecule is CCOC1(C(NC)c2cc(F)cc(F)c2)CCCC1. The summed E-state index contributed by atoms with van der Waals surface area (Å²) in [7, 11) is 1.81. The minimum absolute atomic E-state index is 0.180. The summed E-state index contributed by atoms with van der Waals surface area (Å²) in [4.78, 5) is 0. The van der Waals surface area contributed by atoms with Crippen LogP contribution in [0.5, 0.6) is 0 Å². The van der Waals surface area contributed by atoms with Crippen molar-refractivity contribution >= 4 is 0 Å². The first-order chi connectivity index (χ1) is 9.11. The number of ether oxygens (including phenoxy) is 1. The van der Waals surface area contributed by atoms with E-state index < -0.39 is 11.6 Å². The Kier molecular flexibility index (Phi) is 4.53. The summed E-state index contributed by atoms with van der Waals surface area (Å²) in [6.07, 6.45) is 4.03. The molecule has 1 aliphatic rings. The van der Waals surface area contributed by atoms with Crippen LogP contribution < -0.4 is 5.32 Å². The van der Waals surface area contributed by atoms with Gasteiger partial charge in [-0.3, -0.25) is 0 Å². The van der Waals surface area contributed by atoms with Crippen molar-refractivity contribution in [2.45, 2.75) is 44.2 Å². The van der Waals surface area contributed by atoms with Gasteiger partial charge in [0.2, 0.25) is 0 Å². The quantitative estimate of drug-likeness (QED) is 0.882. The van der Waals surface area contributed by atoms with Crippen LogP contribution >= 0.6 is 0 Å². The van der Waals surface area contributed by atoms with E-state index in [1.807, 2.05) is 14.0 Å².